The number of hydrogen-bond acceptors (Lipinski definition) is 2. The summed E-state index contributed by atoms with van der Waals surface area (Å²) in [4.78, 5) is 1.77. The predicted molar refractivity (Wildman–Crippen MR) is 46.8 cm³/mol. The fraction of sp³-hybridized carbons (Fsp3) is 1.00. The molecular weight excluding hydrogens is 157 g/mol. The van der Waals surface area contributed by atoms with E-state index in [9.17, 15) is 4.39 Å². The molecule has 1 fully saturated rings. The van der Waals surface area contributed by atoms with Crippen molar-refractivity contribution in [3.63, 3.8) is 0 Å². The van der Waals surface area contributed by atoms with Crippen LogP contribution in [0, 0.1) is 0 Å². The van der Waals surface area contributed by atoms with Crippen molar-refractivity contribution < 1.29 is 9.13 Å². The number of likely N-dealkylation sites (tertiary alicyclic amines) is 1. The lowest BCUT2D eigenvalue weighted by atomic mass is 10.2. The summed E-state index contributed by atoms with van der Waals surface area (Å²) in [7, 11) is 0. The molecule has 1 heterocycles. The Morgan fingerprint density at radius 2 is 2.17 bits per heavy atom. The quantitative estimate of drug-likeness (QED) is 0.593. The number of halogens is 1. The van der Waals surface area contributed by atoms with Crippen LogP contribution in [0.1, 0.15) is 27.2 Å². The molecule has 0 aliphatic carbocycles. The topological polar surface area (TPSA) is 12.5 Å². The monoisotopic (exact) mass is 175 g/mol. The zero-order chi connectivity index (χ0) is 9.19. The standard InChI is InChI=1S/C9H18FNO/c1-9(2,3)12-8-4-5-11(6-8)7-10/h8H,4-7H2,1-3H3. The number of hydrogen-bond donors (Lipinski definition) is 0. The molecule has 2 nitrogen and oxygen atoms in total. The Hall–Kier alpha value is -0.150. The molecule has 1 unspecified atom stereocenters. The molecule has 1 rings (SSSR count). The van der Waals surface area contributed by atoms with Crippen LogP contribution in [0.4, 0.5) is 4.39 Å². The average Bonchev–Trinajstić information content (AvgIpc) is 2.32. The molecule has 1 aliphatic rings. The summed E-state index contributed by atoms with van der Waals surface area (Å²) in [6.07, 6.45) is 1.18. The zero-order valence-electron chi connectivity index (χ0n) is 8.14. The molecule has 0 aromatic heterocycles. The first-order valence-electron chi connectivity index (χ1n) is 4.47. The van der Waals surface area contributed by atoms with Gasteiger partial charge in [0, 0.05) is 13.1 Å². The second-order valence-corrected chi connectivity index (χ2v) is 4.34. The average molecular weight is 175 g/mol. The van der Waals surface area contributed by atoms with Crippen LogP contribution < -0.4 is 0 Å². The van der Waals surface area contributed by atoms with Crippen molar-refractivity contribution in [2.45, 2.75) is 38.9 Å². The van der Waals surface area contributed by atoms with Gasteiger partial charge in [-0.05, 0) is 27.2 Å². The normalized spacial score (nSPS) is 26.5. The molecule has 0 aromatic rings. The molecule has 3 heteroatoms. The van der Waals surface area contributed by atoms with Crippen molar-refractivity contribution in [2.75, 3.05) is 19.9 Å². The van der Waals surface area contributed by atoms with Gasteiger partial charge in [0.2, 0.25) is 0 Å². The lowest BCUT2D eigenvalue weighted by Gasteiger charge is -2.24. The molecular formula is C9H18FNO. The van der Waals surface area contributed by atoms with Gasteiger partial charge >= 0.3 is 0 Å². The van der Waals surface area contributed by atoms with E-state index in [0.717, 1.165) is 19.5 Å². The molecule has 0 amide bonds. The summed E-state index contributed by atoms with van der Waals surface area (Å²) in [5, 5.41) is 0. The minimum absolute atomic E-state index is 0.100. The Kier molecular flexibility index (Phi) is 3.07. The molecule has 0 N–H and O–H groups in total. The van der Waals surface area contributed by atoms with Crippen molar-refractivity contribution in [1.82, 2.24) is 4.90 Å². The summed E-state index contributed by atoms with van der Waals surface area (Å²) in [6, 6.07) is 0. The predicted octanol–water partition coefficient (Wildman–Crippen LogP) is 1.80. The third-order valence-electron chi connectivity index (χ3n) is 1.92. The van der Waals surface area contributed by atoms with Crippen LogP contribution in [0.15, 0.2) is 0 Å². The number of alkyl halides is 1. The maximum Gasteiger partial charge on any atom is 0.143 e. The fourth-order valence-electron chi connectivity index (χ4n) is 1.50. The van der Waals surface area contributed by atoms with E-state index in [1.807, 2.05) is 20.8 Å². The Balaban J connectivity index is 2.28. The van der Waals surface area contributed by atoms with Gasteiger partial charge in [-0.15, -0.1) is 0 Å². The fourth-order valence-corrected chi connectivity index (χ4v) is 1.50. The van der Waals surface area contributed by atoms with Crippen LogP contribution >= 0.6 is 0 Å². The Bertz CT molecular complexity index is 144. The van der Waals surface area contributed by atoms with E-state index < -0.39 is 0 Å². The lowest BCUT2D eigenvalue weighted by molar-refractivity contribution is -0.0549. The number of rotatable bonds is 2. The maximum absolute atomic E-state index is 12.2. The third kappa shape index (κ3) is 3.07. The molecule has 1 aliphatic heterocycles. The summed E-state index contributed by atoms with van der Waals surface area (Å²) in [6.45, 7) is 7.33. The van der Waals surface area contributed by atoms with Crippen LogP contribution in [-0.2, 0) is 4.74 Å². The van der Waals surface area contributed by atoms with Crippen molar-refractivity contribution in [3.05, 3.63) is 0 Å². The van der Waals surface area contributed by atoms with Crippen molar-refractivity contribution >= 4 is 0 Å². The van der Waals surface area contributed by atoms with Crippen molar-refractivity contribution in [3.8, 4) is 0 Å². The Morgan fingerprint density at radius 3 is 2.58 bits per heavy atom. The minimum atomic E-state index is -0.343. The van der Waals surface area contributed by atoms with Crippen LogP contribution in [-0.4, -0.2) is 36.5 Å². The lowest BCUT2D eigenvalue weighted by Crippen LogP contribution is -2.30. The van der Waals surface area contributed by atoms with E-state index in [4.69, 9.17) is 4.74 Å². The van der Waals surface area contributed by atoms with Gasteiger partial charge in [0.1, 0.15) is 6.80 Å². The van der Waals surface area contributed by atoms with E-state index in [0.29, 0.717) is 0 Å². The highest BCUT2D eigenvalue weighted by Gasteiger charge is 2.26. The Labute approximate surface area is 73.7 Å². The van der Waals surface area contributed by atoms with Gasteiger partial charge in [-0.1, -0.05) is 0 Å². The largest absolute Gasteiger partial charge is 0.371 e. The molecule has 12 heavy (non-hydrogen) atoms. The zero-order valence-corrected chi connectivity index (χ0v) is 8.14. The molecule has 1 atom stereocenters. The van der Waals surface area contributed by atoms with Gasteiger partial charge in [-0.3, -0.25) is 4.90 Å². The highest BCUT2D eigenvalue weighted by atomic mass is 19.1. The summed E-state index contributed by atoms with van der Waals surface area (Å²) in [5.74, 6) is 0. The van der Waals surface area contributed by atoms with Gasteiger partial charge in [-0.25, -0.2) is 4.39 Å². The second-order valence-electron chi connectivity index (χ2n) is 4.34. The molecule has 0 radical (unpaired) electrons. The van der Waals surface area contributed by atoms with Gasteiger partial charge in [0.05, 0.1) is 11.7 Å². The number of nitrogens with zero attached hydrogens (tertiary/aromatic N) is 1. The highest BCUT2D eigenvalue weighted by molar-refractivity contribution is 4.76. The number of ether oxygens (including phenoxy) is 1. The first-order chi connectivity index (χ1) is 5.51. The first kappa shape index (κ1) is 9.93. The second kappa shape index (κ2) is 3.71. The van der Waals surface area contributed by atoms with Crippen LogP contribution in [0.5, 0.6) is 0 Å². The van der Waals surface area contributed by atoms with Gasteiger partial charge in [-0.2, -0.15) is 0 Å². The van der Waals surface area contributed by atoms with Crippen LogP contribution in [0.25, 0.3) is 0 Å². The van der Waals surface area contributed by atoms with Crippen LogP contribution in [0.2, 0.25) is 0 Å². The van der Waals surface area contributed by atoms with Gasteiger partial charge < -0.3 is 4.74 Å². The van der Waals surface area contributed by atoms with E-state index in [-0.39, 0.29) is 18.5 Å². The van der Waals surface area contributed by atoms with Gasteiger partial charge in [0.15, 0.2) is 0 Å². The minimum Gasteiger partial charge on any atom is -0.371 e. The molecule has 72 valence electrons. The maximum atomic E-state index is 12.2. The summed E-state index contributed by atoms with van der Waals surface area (Å²) >= 11 is 0. The molecule has 0 saturated carbocycles. The van der Waals surface area contributed by atoms with E-state index in [1.165, 1.54) is 0 Å². The molecule has 0 spiro atoms. The third-order valence-corrected chi connectivity index (χ3v) is 1.92. The first-order valence-corrected chi connectivity index (χ1v) is 4.47. The molecule has 0 aromatic carbocycles. The molecule has 1 saturated heterocycles. The Morgan fingerprint density at radius 1 is 1.50 bits per heavy atom. The molecule has 0 bridgehead atoms. The highest BCUT2D eigenvalue weighted by Crippen LogP contribution is 2.18. The smallest absolute Gasteiger partial charge is 0.143 e. The van der Waals surface area contributed by atoms with E-state index in [2.05, 4.69) is 0 Å². The SMILES string of the molecule is CC(C)(C)OC1CCN(CF)C1. The van der Waals surface area contributed by atoms with E-state index in [1.54, 1.807) is 4.90 Å². The van der Waals surface area contributed by atoms with Crippen LogP contribution in [0.3, 0.4) is 0 Å². The summed E-state index contributed by atoms with van der Waals surface area (Å²) < 4.78 is 17.9. The van der Waals surface area contributed by atoms with Gasteiger partial charge in [0.25, 0.3) is 0 Å². The van der Waals surface area contributed by atoms with Crippen molar-refractivity contribution in [2.24, 2.45) is 0 Å². The summed E-state index contributed by atoms with van der Waals surface area (Å²) in [5.41, 5.74) is -0.100. The van der Waals surface area contributed by atoms with Crippen molar-refractivity contribution in [1.29, 1.82) is 0 Å². The van der Waals surface area contributed by atoms with E-state index >= 15 is 0 Å².